The topological polar surface area (TPSA) is 108 Å². The number of aryl methyl sites for hydroxylation is 1. The number of hydrogen-bond acceptors (Lipinski definition) is 8. The molecule has 0 bridgehead atoms. The van der Waals surface area contributed by atoms with Gasteiger partial charge in [0.05, 0.1) is 23.7 Å². The number of carbonyl (C=O) groups is 2. The smallest absolute Gasteiger partial charge is 0.337 e. The molecule has 0 unspecified atom stereocenters. The maximum absolute atomic E-state index is 11.9. The van der Waals surface area contributed by atoms with E-state index in [1.54, 1.807) is 18.2 Å². The molecule has 1 aromatic carbocycles. The van der Waals surface area contributed by atoms with E-state index in [1.165, 1.54) is 7.11 Å². The molecule has 0 saturated carbocycles. The first kappa shape index (κ1) is 22.5. The molecule has 0 aliphatic rings. The van der Waals surface area contributed by atoms with E-state index in [9.17, 15) is 9.59 Å². The summed E-state index contributed by atoms with van der Waals surface area (Å²) in [4.78, 5) is 28.3. The van der Waals surface area contributed by atoms with Gasteiger partial charge in [-0.25, -0.2) is 9.78 Å². The first-order valence-corrected chi connectivity index (χ1v) is 10.4. The van der Waals surface area contributed by atoms with Crippen LogP contribution in [0.4, 0.5) is 5.82 Å². The number of carbonyl (C=O) groups excluding carboxylic acids is 2. The number of ether oxygens (including phenoxy) is 2. The highest BCUT2D eigenvalue weighted by Crippen LogP contribution is 2.23. The molecule has 2 aromatic heterocycles. The van der Waals surface area contributed by atoms with Gasteiger partial charge >= 0.3 is 11.9 Å². The highest BCUT2D eigenvalue weighted by Gasteiger charge is 2.16. The average Bonchev–Trinajstić information content (AvgIpc) is 3.10. The van der Waals surface area contributed by atoms with E-state index in [4.69, 9.17) is 9.47 Å². The van der Waals surface area contributed by atoms with Crippen molar-refractivity contribution in [2.45, 2.75) is 59.0 Å². The molecule has 9 heteroatoms. The number of fused-ring (bicyclic) bond motifs is 3. The fourth-order valence-corrected chi connectivity index (χ4v) is 3.31. The van der Waals surface area contributed by atoms with E-state index < -0.39 is 11.6 Å². The maximum Gasteiger partial charge on any atom is 0.337 e. The van der Waals surface area contributed by atoms with Crippen molar-refractivity contribution in [3.05, 3.63) is 29.6 Å². The van der Waals surface area contributed by atoms with Crippen LogP contribution in [0.2, 0.25) is 0 Å². The van der Waals surface area contributed by atoms with Crippen LogP contribution >= 0.6 is 0 Å². The van der Waals surface area contributed by atoms with Crippen molar-refractivity contribution in [3.63, 3.8) is 0 Å². The van der Waals surface area contributed by atoms with E-state index in [-0.39, 0.29) is 5.97 Å². The molecule has 0 atom stereocenters. The Morgan fingerprint density at radius 2 is 1.90 bits per heavy atom. The molecule has 3 aromatic rings. The second-order valence-electron chi connectivity index (χ2n) is 8.39. The third-order valence-corrected chi connectivity index (χ3v) is 4.68. The Labute approximate surface area is 181 Å². The second kappa shape index (κ2) is 9.28. The molecule has 0 aliphatic carbocycles. The van der Waals surface area contributed by atoms with Crippen LogP contribution in [0.15, 0.2) is 18.2 Å². The lowest BCUT2D eigenvalue weighted by molar-refractivity contribution is -0.154. The Bertz CT molecular complexity index is 1100. The van der Waals surface area contributed by atoms with Crippen LogP contribution in [0.25, 0.3) is 16.7 Å². The number of nitrogens with zero attached hydrogens (tertiary/aromatic N) is 4. The van der Waals surface area contributed by atoms with E-state index in [0.29, 0.717) is 35.8 Å². The Kier molecular flexibility index (Phi) is 6.72. The molecule has 2 heterocycles. The predicted molar refractivity (Wildman–Crippen MR) is 117 cm³/mol. The molecule has 1 N–H and O–H groups in total. The van der Waals surface area contributed by atoms with Gasteiger partial charge in [-0.2, -0.15) is 0 Å². The summed E-state index contributed by atoms with van der Waals surface area (Å²) in [7, 11) is 1.35. The van der Waals surface area contributed by atoms with E-state index in [2.05, 4.69) is 20.5 Å². The number of benzene rings is 1. The van der Waals surface area contributed by atoms with Crippen LogP contribution in [0, 0.1) is 6.92 Å². The van der Waals surface area contributed by atoms with Gasteiger partial charge in [-0.3, -0.25) is 9.20 Å². The quantitative estimate of drug-likeness (QED) is 0.428. The van der Waals surface area contributed by atoms with Crippen LogP contribution in [-0.2, 0) is 14.3 Å². The predicted octanol–water partition coefficient (Wildman–Crippen LogP) is 3.69. The zero-order chi connectivity index (χ0) is 22.6. The average molecular weight is 428 g/mol. The minimum Gasteiger partial charge on any atom is -0.465 e. The van der Waals surface area contributed by atoms with Gasteiger partial charge in [0.25, 0.3) is 0 Å². The Morgan fingerprint density at radius 3 is 2.61 bits per heavy atom. The molecule has 0 spiro atoms. The Morgan fingerprint density at radius 1 is 1.13 bits per heavy atom. The minimum absolute atomic E-state index is 0.163. The van der Waals surface area contributed by atoms with Crippen molar-refractivity contribution < 1.29 is 19.1 Å². The number of aromatic nitrogens is 4. The summed E-state index contributed by atoms with van der Waals surface area (Å²) in [5, 5.41) is 11.7. The van der Waals surface area contributed by atoms with E-state index in [1.807, 2.05) is 32.1 Å². The van der Waals surface area contributed by atoms with Crippen molar-refractivity contribution in [2.24, 2.45) is 0 Å². The molecule has 3 rings (SSSR count). The van der Waals surface area contributed by atoms with Crippen LogP contribution in [0.5, 0.6) is 0 Å². The first-order valence-electron chi connectivity index (χ1n) is 10.4. The second-order valence-corrected chi connectivity index (χ2v) is 8.39. The molecule has 0 radical (unpaired) electrons. The van der Waals surface area contributed by atoms with Crippen molar-refractivity contribution >= 4 is 34.4 Å². The van der Waals surface area contributed by atoms with Gasteiger partial charge in [0.15, 0.2) is 5.82 Å². The number of nitrogens with one attached hydrogen (secondary N) is 1. The van der Waals surface area contributed by atoms with Crippen LogP contribution in [-0.4, -0.2) is 50.8 Å². The molecule has 0 aliphatic heterocycles. The summed E-state index contributed by atoms with van der Waals surface area (Å²) in [6.07, 6.45) is 2.96. The van der Waals surface area contributed by atoms with E-state index >= 15 is 0 Å². The van der Waals surface area contributed by atoms with Crippen molar-refractivity contribution in [1.29, 1.82) is 0 Å². The molecule has 31 heavy (non-hydrogen) atoms. The van der Waals surface area contributed by atoms with Gasteiger partial charge in [-0.05, 0) is 58.7 Å². The number of unbranched alkanes of at least 4 members (excludes halogenated alkanes) is 2. The van der Waals surface area contributed by atoms with E-state index in [0.717, 1.165) is 30.3 Å². The lowest BCUT2D eigenvalue weighted by atomic mass is 10.1. The minimum atomic E-state index is -0.445. The summed E-state index contributed by atoms with van der Waals surface area (Å²) < 4.78 is 12.0. The number of esters is 2. The van der Waals surface area contributed by atoms with Crippen molar-refractivity contribution in [1.82, 2.24) is 19.6 Å². The van der Waals surface area contributed by atoms with Gasteiger partial charge in [-0.1, -0.05) is 6.42 Å². The standard InChI is InChI=1S/C22H29N5O4/c1-14-25-26-20-19(23-12-8-6-7-9-18(28)31-22(2,3)4)24-16-11-10-15(21(29)30-5)13-17(16)27(14)20/h10-11,13H,6-9,12H2,1-5H3,(H,23,24). The van der Waals surface area contributed by atoms with Crippen LogP contribution < -0.4 is 5.32 Å². The molecular formula is C22H29N5O4. The fraction of sp³-hybridized carbons (Fsp3) is 0.500. The van der Waals surface area contributed by atoms with Gasteiger partial charge in [-0.15, -0.1) is 10.2 Å². The highest BCUT2D eigenvalue weighted by molar-refractivity contribution is 5.94. The van der Waals surface area contributed by atoms with Gasteiger partial charge in [0, 0.05) is 13.0 Å². The lowest BCUT2D eigenvalue weighted by Crippen LogP contribution is -2.23. The normalized spacial score (nSPS) is 11.6. The zero-order valence-corrected chi connectivity index (χ0v) is 18.7. The molecule has 0 saturated heterocycles. The number of anilines is 1. The highest BCUT2D eigenvalue weighted by atomic mass is 16.6. The maximum atomic E-state index is 11.9. The fourth-order valence-electron chi connectivity index (χ4n) is 3.31. The first-order chi connectivity index (χ1) is 14.7. The Hall–Kier alpha value is -3.23. The number of rotatable bonds is 8. The van der Waals surface area contributed by atoms with Gasteiger partial charge < -0.3 is 14.8 Å². The van der Waals surface area contributed by atoms with Crippen LogP contribution in [0.3, 0.4) is 0 Å². The summed E-state index contributed by atoms with van der Waals surface area (Å²) in [5.74, 6) is 0.758. The third-order valence-electron chi connectivity index (χ3n) is 4.68. The molecule has 0 fully saturated rings. The SMILES string of the molecule is COC(=O)c1ccc2nc(NCCCCCC(=O)OC(C)(C)C)c3nnc(C)n3c2c1. The number of hydrogen-bond donors (Lipinski definition) is 1. The Balaban J connectivity index is 1.66. The molecule has 0 amide bonds. The molecule has 9 nitrogen and oxygen atoms in total. The van der Waals surface area contributed by atoms with Crippen molar-refractivity contribution in [3.8, 4) is 0 Å². The van der Waals surface area contributed by atoms with Crippen LogP contribution in [0.1, 0.15) is 62.6 Å². The third kappa shape index (κ3) is 5.48. The zero-order valence-electron chi connectivity index (χ0n) is 18.7. The van der Waals surface area contributed by atoms with Gasteiger partial charge in [0.1, 0.15) is 11.4 Å². The summed E-state index contributed by atoms with van der Waals surface area (Å²) in [5.41, 5.74) is 2.05. The molecular weight excluding hydrogens is 398 g/mol. The lowest BCUT2D eigenvalue weighted by Gasteiger charge is -2.19. The summed E-state index contributed by atoms with van der Waals surface area (Å²) >= 11 is 0. The monoisotopic (exact) mass is 427 g/mol. The summed E-state index contributed by atoms with van der Waals surface area (Å²) in [6.45, 7) is 8.15. The van der Waals surface area contributed by atoms with Gasteiger partial charge in [0.2, 0.25) is 5.65 Å². The van der Waals surface area contributed by atoms with Crippen molar-refractivity contribution in [2.75, 3.05) is 19.0 Å². The number of methoxy groups -OCH3 is 1. The largest absolute Gasteiger partial charge is 0.465 e. The summed E-state index contributed by atoms with van der Waals surface area (Å²) in [6, 6.07) is 5.21. The molecule has 166 valence electrons.